The first-order chi connectivity index (χ1) is 7.54. The van der Waals surface area contributed by atoms with Gasteiger partial charge in [0.25, 0.3) is 0 Å². The fourth-order valence-electron chi connectivity index (χ4n) is 1.16. The summed E-state index contributed by atoms with van der Waals surface area (Å²) in [6, 6.07) is 4.22. The Hall–Kier alpha value is -0.490. The largest absolute Gasteiger partial charge is 0.394 e. The third-order valence-corrected chi connectivity index (χ3v) is 3.68. The van der Waals surface area contributed by atoms with Crippen molar-refractivity contribution in [2.45, 2.75) is 11.9 Å². The van der Waals surface area contributed by atoms with E-state index < -0.39 is 29.3 Å². The molecule has 0 aliphatic heterocycles. The van der Waals surface area contributed by atoms with Crippen LogP contribution in [0.25, 0.3) is 0 Å². The maximum absolute atomic E-state index is 13.3. The Morgan fingerprint density at radius 2 is 2.19 bits per heavy atom. The van der Waals surface area contributed by atoms with Crippen LogP contribution in [-0.4, -0.2) is 32.9 Å². The zero-order valence-corrected chi connectivity index (χ0v) is 9.97. The Kier molecular flexibility index (Phi) is 5.34. The van der Waals surface area contributed by atoms with E-state index in [1.54, 1.807) is 0 Å². The molecule has 1 aromatic carbocycles. The summed E-state index contributed by atoms with van der Waals surface area (Å²) in [6.07, 6.45) is -1.05. The monoisotopic (exact) mass is 266 g/mol. The summed E-state index contributed by atoms with van der Waals surface area (Å²) in [6.45, 7) is -0.462. The molecule has 0 amide bonds. The first-order valence-corrected chi connectivity index (χ1v) is 6.48. The predicted octanol–water partition coefficient (Wildman–Crippen LogP) is 1.08. The fourth-order valence-corrected chi connectivity index (χ4v) is 2.73. The van der Waals surface area contributed by atoms with Gasteiger partial charge in [0.2, 0.25) is 0 Å². The highest BCUT2D eigenvalue weighted by Gasteiger charge is 2.13. The number of rotatable bonds is 5. The quantitative estimate of drug-likeness (QED) is 0.839. The minimum Gasteiger partial charge on any atom is -0.394 e. The number of hydrogen-bond donors (Lipinski definition) is 2. The second-order valence-corrected chi connectivity index (χ2v) is 5.20. The Morgan fingerprint density at radius 3 is 2.75 bits per heavy atom. The van der Waals surface area contributed by atoms with Crippen LogP contribution in [-0.2, 0) is 16.6 Å². The lowest BCUT2D eigenvalue weighted by atomic mass is 10.2. The molecule has 0 radical (unpaired) electrons. The van der Waals surface area contributed by atoms with Gasteiger partial charge in [-0.2, -0.15) is 0 Å². The lowest BCUT2D eigenvalue weighted by Gasteiger charge is -2.08. The van der Waals surface area contributed by atoms with E-state index in [1.807, 2.05) is 0 Å². The van der Waals surface area contributed by atoms with Crippen molar-refractivity contribution in [2.24, 2.45) is 0 Å². The normalized spacial score (nSPS) is 14.8. The van der Waals surface area contributed by atoms with Gasteiger partial charge < -0.3 is 10.2 Å². The van der Waals surface area contributed by atoms with Crippen LogP contribution in [0.5, 0.6) is 0 Å². The second-order valence-electron chi connectivity index (χ2n) is 3.29. The summed E-state index contributed by atoms with van der Waals surface area (Å²) < 4.78 is 24.8. The molecule has 3 nitrogen and oxygen atoms in total. The molecule has 0 heterocycles. The van der Waals surface area contributed by atoms with Crippen molar-refractivity contribution in [3.05, 3.63) is 34.6 Å². The maximum atomic E-state index is 13.3. The van der Waals surface area contributed by atoms with Crippen LogP contribution < -0.4 is 0 Å². The van der Waals surface area contributed by atoms with Crippen LogP contribution in [0.1, 0.15) is 5.56 Å². The number of aliphatic hydroxyl groups is 2. The predicted molar refractivity (Wildman–Crippen MR) is 61.2 cm³/mol. The van der Waals surface area contributed by atoms with Gasteiger partial charge in [0.05, 0.1) is 24.2 Å². The van der Waals surface area contributed by atoms with Gasteiger partial charge in [-0.05, 0) is 12.1 Å². The van der Waals surface area contributed by atoms with E-state index in [2.05, 4.69) is 0 Å². The third-order valence-electron chi connectivity index (χ3n) is 1.96. The Balaban J connectivity index is 2.70. The topological polar surface area (TPSA) is 57.5 Å². The minimum absolute atomic E-state index is 0.0669. The van der Waals surface area contributed by atoms with E-state index in [0.29, 0.717) is 0 Å². The van der Waals surface area contributed by atoms with Crippen LogP contribution in [0.3, 0.4) is 0 Å². The van der Waals surface area contributed by atoms with Gasteiger partial charge in [-0.3, -0.25) is 4.21 Å². The van der Waals surface area contributed by atoms with Gasteiger partial charge >= 0.3 is 0 Å². The molecule has 2 unspecified atom stereocenters. The highest BCUT2D eigenvalue weighted by atomic mass is 35.5. The SMILES string of the molecule is O=S(Cc1c(F)cccc1Cl)CC(O)CO. The molecule has 2 atom stereocenters. The molecule has 1 rings (SSSR count). The summed E-state index contributed by atoms with van der Waals surface area (Å²) >= 11 is 5.76. The van der Waals surface area contributed by atoms with E-state index in [1.165, 1.54) is 18.2 Å². The molecule has 90 valence electrons. The van der Waals surface area contributed by atoms with Crippen molar-refractivity contribution in [3.63, 3.8) is 0 Å². The summed E-state index contributed by atoms with van der Waals surface area (Å²) in [7, 11) is -1.46. The second kappa shape index (κ2) is 6.30. The first kappa shape index (κ1) is 13.6. The fraction of sp³-hybridized carbons (Fsp3) is 0.400. The highest BCUT2D eigenvalue weighted by molar-refractivity contribution is 7.84. The van der Waals surface area contributed by atoms with Gasteiger partial charge in [0.15, 0.2) is 0 Å². The standard InChI is InChI=1S/C10H12ClFO3S/c11-9-2-1-3-10(12)8(9)6-16(15)5-7(14)4-13/h1-3,7,13-14H,4-6H2. The van der Waals surface area contributed by atoms with E-state index in [4.69, 9.17) is 21.8 Å². The zero-order chi connectivity index (χ0) is 12.1. The molecule has 0 saturated heterocycles. The van der Waals surface area contributed by atoms with Crippen molar-refractivity contribution >= 4 is 22.4 Å². The summed E-state index contributed by atoms with van der Waals surface area (Å²) in [5.41, 5.74) is 0.174. The van der Waals surface area contributed by atoms with Crippen LogP contribution in [0.4, 0.5) is 4.39 Å². The lowest BCUT2D eigenvalue weighted by molar-refractivity contribution is 0.113. The molecular weight excluding hydrogens is 255 g/mol. The maximum Gasteiger partial charge on any atom is 0.128 e. The Labute approximate surface area is 100 Å². The molecule has 0 bridgehead atoms. The summed E-state index contributed by atoms with van der Waals surface area (Å²) in [5, 5.41) is 17.9. The average Bonchev–Trinajstić information content (AvgIpc) is 2.23. The molecular formula is C10H12ClFO3S. The summed E-state index contributed by atoms with van der Waals surface area (Å²) in [5.74, 6) is -0.677. The van der Waals surface area contributed by atoms with Crippen molar-refractivity contribution in [1.29, 1.82) is 0 Å². The van der Waals surface area contributed by atoms with Crippen LogP contribution >= 0.6 is 11.6 Å². The van der Waals surface area contributed by atoms with Gasteiger partial charge in [0, 0.05) is 21.4 Å². The summed E-state index contributed by atoms with van der Waals surface area (Å²) in [4.78, 5) is 0. The molecule has 0 aromatic heterocycles. The molecule has 0 aliphatic carbocycles. The van der Waals surface area contributed by atoms with Crippen molar-refractivity contribution in [3.8, 4) is 0 Å². The van der Waals surface area contributed by atoms with Crippen LogP contribution in [0.2, 0.25) is 5.02 Å². The number of benzene rings is 1. The molecule has 0 spiro atoms. The van der Waals surface area contributed by atoms with E-state index in [-0.39, 0.29) is 22.1 Å². The zero-order valence-electron chi connectivity index (χ0n) is 8.40. The Morgan fingerprint density at radius 1 is 1.50 bits per heavy atom. The lowest BCUT2D eigenvalue weighted by Crippen LogP contribution is -2.21. The van der Waals surface area contributed by atoms with Crippen LogP contribution in [0.15, 0.2) is 18.2 Å². The number of hydrogen-bond acceptors (Lipinski definition) is 3. The van der Waals surface area contributed by atoms with Gasteiger partial charge in [-0.25, -0.2) is 4.39 Å². The number of aliphatic hydroxyl groups excluding tert-OH is 2. The average molecular weight is 267 g/mol. The van der Waals surface area contributed by atoms with E-state index in [0.717, 1.165) is 0 Å². The van der Waals surface area contributed by atoms with Gasteiger partial charge in [0.1, 0.15) is 5.82 Å². The van der Waals surface area contributed by atoms with Gasteiger partial charge in [-0.1, -0.05) is 17.7 Å². The van der Waals surface area contributed by atoms with Crippen molar-refractivity contribution in [1.82, 2.24) is 0 Å². The smallest absolute Gasteiger partial charge is 0.128 e. The highest BCUT2D eigenvalue weighted by Crippen LogP contribution is 2.20. The number of halogens is 2. The van der Waals surface area contributed by atoms with E-state index >= 15 is 0 Å². The first-order valence-electron chi connectivity index (χ1n) is 4.61. The molecule has 6 heteroatoms. The van der Waals surface area contributed by atoms with Crippen molar-refractivity contribution < 1.29 is 18.8 Å². The molecule has 0 saturated carbocycles. The third kappa shape index (κ3) is 3.83. The van der Waals surface area contributed by atoms with E-state index in [9.17, 15) is 8.60 Å². The molecule has 16 heavy (non-hydrogen) atoms. The van der Waals surface area contributed by atoms with Gasteiger partial charge in [-0.15, -0.1) is 0 Å². The Bertz CT molecular complexity index is 366. The molecule has 2 N–H and O–H groups in total. The van der Waals surface area contributed by atoms with Crippen molar-refractivity contribution in [2.75, 3.05) is 12.4 Å². The molecule has 0 fully saturated rings. The molecule has 1 aromatic rings. The minimum atomic E-state index is -1.46. The molecule has 0 aliphatic rings. The van der Waals surface area contributed by atoms with Crippen LogP contribution in [0, 0.1) is 5.82 Å².